The predicted octanol–water partition coefficient (Wildman–Crippen LogP) is 2.29. The lowest BCUT2D eigenvalue weighted by molar-refractivity contribution is -0.121. The Hall–Kier alpha value is -1.82. The first kappa shape index (κ1) is 19.2. The summed E-state index contributed by atoms with van der Waals surface area (Å²) in [6.07, 6.45) is 1.10. The molecule has 1 aromatic rings. The second kappa shape index (κ2) is 9.35. The molecule has 1 atom stereocenters. The molecule has 0 saturated heterocycles. The maximum Gasteiger partial charge on any atom is 0.257 e. The average Bonchev–Trinajstić information content (AvgIpc) is 2.85. The first-order valence-electron chi connectivity index (χ1n) is 8.04. The van der Waals surface area contributed by atoms with E-state index in [1.165, 1.54) is 0 Å². The summed E-state index contributed by atoms with van der Waals surface area (Å²) in [6.45, 7) is 8.96. The molecule has 1 aromatic heterocycles. The van der Waals surface area contributed by atoms with Crippen molar-refractivity contribution in [2.45, 2.75) is 46.6 Å². The Balaban J connectivity index is 2.71. The summed E-state index contributed by atoms with van der Waals surface area (Å²) < 4.78 is 10.3. The van der Waals surface area contributed by atoms with Crippen LogP contribution in [0.4, 0.5) is 0 Å². The van der Waals surface area contributed by atoms with Crippen molar-refractivity contribution in [3.05, 3.63) is 23.2 Å². The number of furan rings is 1. The molecule has 0 unspecified atom stereocenters. The van der Waals surface area contributed by atoms with E-state index in [-0.39, 0.29) is 24.3 Å². The summed E-state index contributed by atoms with van der Waals surface area (Å²) in [5.74, 6) is 1.17. The number of nitrogens with one attached hydrogen (secondary N) is 1. The summed E-state index contributed by atoms with van der Waals surface area (Å²) in [5.41, 5.74) is 0.572. The van der Waals surface area contributed by atoms with Crippen LogP contribution in [-0.4, -0.2) is 49.6 Å². The van der Waals surface area contributed by atoms with Crippen molar-refractivity contribution in [3.8, 4) is 0 Å². The Kier molecular flexibility index (Phi) is 7.81. The van der Waals surface area contributed by atoms with E-state index in [0.29, 0.717) is 36.8 Å². The van der Waals surface area contributed by atoms with Gasteiger partial charge >= 0.3 is 0 Å². The fourth-order valence-electron chi connectivity index (χ4n) is 2.34. The quantitative estimate of drug-likeness (QED) is 0.708. The Bertz CT molecular complexity index is 525. The van der Waals surface area contributed by atoms with Crippen LogP contribution in [0.15, 0.2) is 10.5 Å². The molecule has 0 aromatic carbocycles. The number of methoxy groups -OCH3 is 1. The molecule has 0 aliphatic rings. The van der Waals surface area contributed by atoms with Crippen LogP contribution in [0.1, 0.15) is 48.6 Å². The third kappa shape index (κ3) is 5.71. The van der Waals surface area contributed by atoms with E-state index < -0.39 is 0 Å². The minimum atomic E-state index is -0.0848. The van der Waals surface area contributed by atoms with Gasteiger partial charge in [-0.3, -0.25) is 9.59 Å². The minimum Gasteiger partial charge on any atom is -0.466 e. The predicted molar refractivity (Wildman–Crippen MR) is 88.5 cm³/mol. The van der Waals surface area contributed by atoms with Crippen LogP contribution in [0.2, 0.25) is 0 Å². The van der Waals surface area contributed by atoms with Gasteiger partial charge in [-0.25, -0.2) is 0 Å². The number of carbonyl (C=O) groups is 2. The monoisotopic (exact) mass is 324 g/mol. The molecule has 0 aliphatic heterocycles. The minimum absolute atomic E-state index is 0.0591. The third-order valence-electron chi connectivity index (χ3n) is 3.86. The number of amides is 2. The highest BCUT2D eigenvalue weighted by atomic mass is 16.5. The largest absolute Gasteiger partial charge is 0.466 e. The normalized spacial score (nSPS) is 12.0. The topological polar surface area (TPSA) is 71.8 Å². The number of nitrogens with zero attached hydrogens (tertiary/aromatic N) is 1. The number of ether oxygens (including phenoxy) is 1. The number of hydrogen-bond acceptors (Lipinski definition) is 4. The van der Waals surface area contributed by atoms with Gasteiger partial charge in [-0.15, -0.1) is 0 Å². The fourth-order valence-corrected chi connectivity index (χ4v) is 2.34. The fraction of sp³-hybridized carbons (Fsp3) is 0.647. The number of carbonyl (C=O) groups excluding carboxylic acids is 2. The molecule has 23 heavy (non-hydrogen) atoms. The first-order chi connectivity index (χ1) is 10.9. The Labute approximate surface area is 138 Å². The molecule has 0 fully saturated rings. The lowest BCUT2D eigenvalue weighted by atomic mass is 10.1. The third-order valence-corrected chi connectivity index (χ3v) is 3.86. The molecule has 0 bridgehead atoms. The van der Waals surface area contributed by atoms with Crippen molar-refractivity contribution in [1.82, 2.24) is 10.2 Å². The maximum atomic E-state index is 12.8. The molecule has 0 spiro atoms. The van der Waals surface area contributed by atoms with Crippen molar-refractivity contribution in [1.29, 1.82) is 0 Å². The van der Waals surface area contributed by atoms with Crippen LogP contribution in [0.3, 0.4) is 0 Å². The number of rotatable bonds is 9. The van der Waals surface area contributed by atoms with Crippen LogP contribution in [0.5, 0.6) is 0 Å². The smallest absolute Gasteiger partial charge is 0.257 e. The standard InChI is InChI=1S/C17H28N2O4/c1-6-12(2)19(9-7-16(20)18-8-10-22-5)17(21)15-11-13(3)23-14(15)4/h11-12H,6-10H2,1-5H3,(H,18,20)/t12-/m0/s1. The maximum absolute atomic E-state index is 12.8. The van der Waals surface area contributed by atoms with Crippen LogP contribution in [0.25, 0.3) is 0 Å². The van der Waals surface area contributed by atoms with E-state index in [2.05, 4.69) is 5.32 Å². The molecule has 130 valence electrons. The van der Waals surface area contributed by atoms with Crippen molar-refractivity contribution in [2.75, 3.05) is 26.8 Å². The molecule has 0 aliphatic carbocycles. The van der Waals surface area contributed by atoms with Gasteiger partial charge in [0.25, 0.3) is 5.91 Å². The van der Waals surface area contributed by atoms with Gasteiger partial charge in [-0.2, -0.15) is 0 Å². The van der Waals surface area contributed by atoms with E-state index >= 15 is 0 Å². The van der Waals surface area contributed by atoms with Crippen molar-refractivity contribution in [3.63, 3.8) is 0 Å². The van der Waals surface area contributed by atoms with Gasteiger partial charge in [-0.1, -0.05) is 6.92 Å². The Morgan fingerprint density at radius 3 is 2.61 bits per heavy atom. The van der Waals surface area contributed by atoms with Gasteiger partial charge in [0.15, 0.2) is 0 Å². The average molecular weight is 324 g/mol. The van der Waals surface area contributed by atoms with Crippen molar-refractivity contribution >= 4 is 11.8 Å². The zero-order chi connectivity index (χ0) is 17.4. The molecular formula is C17H28N2O4. The molecule has 6 nitrogen and oxygen atoms in total. The van der Waals surface area contributed by atoms with Crippen molar-refractivity contribution in [2.24, 2.45) is 0 Å². The number of aryl methyl sites for hydroxylation is 2. The second-order valence-corrected chi connectivity index (χ2v) is 5.68. The summed E-state index contributed by atoms with van der Waals surface area (Å²) in [6, 6.07) is 1.81. The molecule has 6 heteroatoms. The van der Waals surface area contributed by atoms with Crippen LogP contribution in [-0.2, 0) is 9.53 Å². The Morgan fingerprint density at radius 1 is 1.39 bits per heavy atom. The lowest BCUT2D eigenvalue weighted by Gasteiger charge is -2.28. The zero-order valence-corrected chi connectivity index (χ0v) is 14.8. The van der Waals surface area contributed by atoms with E-state index in [4.69, 9.17) is 9.15 Å². The first-order valence-corrected chi connectivity index (χ1v) is 8.04. The van der Waals surface area contributed by atoms with Gasteiger partial charge < -0.3 is 19.4 Å². The van der Waals surface area contributed by atoms with Crippen LogP contribution in [0, 0.1) is 13.8 Å². The summed E-state index contributed by atoms with van der Waals surface area (Å²) in [4.78, 5) is 26.3. The highest BCUT2D eigenvalue weighted by Crippen LogP contribution is 2.18. The van der Waals surface area contributed by atoms with E-state index in [1.807, 2.05) is 20.8 Å². The van der Waals surface area contributed by atoms with E-state index in [0.717, 1.165) is 6.42 Å². The van der Waals surface area contributed by atoms with Crippen molar-refractivity contribution < 1.29 is 18.7 Å². The molecular weight excluding hydrogens is 296 g/mol. The molecule has 1 rings (SSSR count). The second-order valence-electron chi connectivity index (χ2n) is 5.68. The van der Waals surface area contributed by atoms with Gasteiger partial charge in [0.2, 0.25) is 5.91 Å². The van der Waals surface area contributed by atoms with Gasteiger partial charge in [0.1, 0.15) is 11.5 Å². The van der Waals surface area contributed by atoms with Gasteiger partial charge in [-0.05, 0) is 33.3 Å². The van der Waals surface area contributed by atoms with E-state index in [1.54, 1.807) is 25.0 Å². The molecule has 1 heterocycles. The van der Waals surface area contributed by atoms with Gasteiger partial charge in [0, 0.05) is 32.7 Å². The molecule has 0 radical (unpaired) electrons. The van der Waals surface area contributed by atoms with Crippen LogP contribution < -0.4 is 5.32 Å². The highest BCUT2D eigenvalue weighted by Gasteiger charge is 2.24. The number of hydrogen-bond donors (Lipinski definition) is 1. The summed E-state index contributed by atoms with van der Waals surface area (Å²) in [7, 11) is 1.59. The van der Waals surface area contributed by atoms with Gasteiger partial charge in [0.05, 0.1) is 12.2 Å². The zero-order valence-electron chi connectivity index (χ0n) is 14.8. The SMILES string of the molecule is CC[C@H](C)N(CCC(=O)NCCOC)C(=O)c1cc(C)oc1C. The summed E-state index contributed by atoms with van der Waals surface area (Å²) in [5, 5.41) is 2.77. The Morgan fingerprint density at radius 2 is 2.09 bits per heavy atom. The highest BCUT2D eigenvalue weighted by molar-refractivity contribution is 5.95. The molecule has 2 amide bonds. The lowest BCUT2D eigenvalue weighted by Crippen LogP contribution is -2.41. The van der Waals surface area contributed by atoms with E-state index in [9.17, 15) is 9.59 Å². The van der Waals surface area contributed by atoms with Crippen LogP contribution >= 0.6 is 0 Å². The molecule has 0 saturated carbocycles. The molecule has 1 N–H and O–H groups in total. The summed E-state index contributed by atoms with van der Waals surface area (Å²) >= 11 is 0.